The molecule has 0 saturated heterocycles. The van der Waals surface area contributed by atoms with Crippen LogP contribution in [0.15, 0.2) is 36.4 Å². The summed E-state index contributed by atoms with van der Waals surface area (Å²) in [6.45, 7) is 19.7. The fourth-order valence-corrected chi connectivity index (χ4v) is 5.34. The molecule has 0 radical (unpaired) electrons. The summed E-state index contributed by atoms with van der Waals surface area (Å²) >= 11 is 0. The zero-order chi connectivity index (χ0) is 18.1. The van der Waals surface area contributed by atoms with E-state index in [9.17, 15) is 4.79 Å². The predicted octanol–water partition coefficient (Wildman–Crippen LogP) is 6.39. The average molecular weight is 315 g/mol. The van der Waals surface area contributed by atoms with Gasteiger partial charge in [-0.25, -0.2) is 0 Å². The summed E-state index contributed by atoms with van der Waals surface area (Å²) in [6.07, 6.45) is 3.73. The molecule has 0 aliphatic heterocycles. The molecule has 0 unspecified atom stereocenters. The number of allylic oxidation sites excluding steroid dienone is 1. The summed E-state index contributed by atoms with van der Waals surface area (Å²) in [4.78, 5) is 13.5. The zero-order valence-corrected chi connectivity index (χ0v) is 16.4. The molecule has 0 N–H and O–H groups in total. The number of carbonyl (C=O) groups is 1. The van der Waals surface area contributed by atoms with E-state index in [0.29, 0.717) is 0 Å². The number of hydrogen-bond acceptors (Lipinski definition) is 1. The molecule has 0 atom stereocenters. The van der Waals surface area contributed by atoms with Gasteiger partial charge in [0.2, 0.25) is 0 Å². The summed E-state index contributed by atoms with van der Waals surface area (Å²) in [5.41, 5.74) is 0.134. The van der Waals surface area contributed by atoms with Crippen molar-refractivity contribution in [3.63, 3.8) is 0 Å². The van der Waals surface area contributed by atoms with Crippen molar-refractivity contribution in [3.05, 3.63) is 42.0 Å². The average Bonchev–Trinajstić information content (AvgIpc) is 2.32. The lowest BCUT2D eigenvalue weighted by Crippen LogP contribution is -2.59. The largest absolute Gasteiger partial charge is 0.294 e. The Labute approximate surface area is 143 Å². The second kappa shape index (κ2) is 6.26. The monoisotopic (exact) mass is 314 g/mol. The minimum Gasteiger partial charge on any atom is -0.294 e. The van der Waals surface area contributed by atoms with Crippen molar-refractivity contribution in [3.8, 4) is 0 Å². The van der Waals surface area contributed by atoms with Crippen LogP contribution < -0.4 is 0 Å². The van der Waals surface area contributed by atoms with Gasteiger partial charge in [0.25, 0.3) is 0 Å². The second-order valence-electron chi connectivity index (χ2n) is 9.61. The molecule has 1 rings (SSSR count). The van der Waals surface area contributed by atoms with Gasteiger partial charge in [0, 0.05) is 5.41 Å². The molecule has 0 fully saturated rings. The molecule has 1 nitrogen and oxygen atoms in total. The topological polar surface area (TPSA) is 17.1 Å². The van der Waals surface area contributed by atoms with Crippen LogP contribution in [-0.2, 0) is 4.79 Å². The predicted molar refractivity (Wildman–Crippen MR) is 101 cm³/mol. The van der Waals surface area contributed by atoms with E-state index in [1.807, 2.05) is 36.4 Å². The van der Waals surface area contributed by atoms with E-state index in [2.05, 4.69) is 62.3 Å². The van der Waals surface area contributed by atoms with Gasteiger partial charge in [0.05, 0.1) is 0 Å². The van der Waals surface area contributed by atoms with Gasteiger partial charge in [0.15, 0.2) is 5.78 Å². The normalized spacial score (nSPS) is 14.3. The van der Waals surface area contributed by atoms with E-state index in [0.717, 1.165) is 5.56 Å². The first-order valence-corrected chi connectivity index (χ1v) is 8.53. The van der Waals surface area contributed by atoms with Crippen LogP contribution in [0.3, 0.4) is 0 Å². The van der Waals surface area contributed by atoms with Crippen LogP contribution in [-0.4, -0.2) is 5.78 Å². The Morgan fingerprint density at radius 1 is 0.739 bits per heavy atom. The fraction of sp³-hybridized carbons (Fsp3) is 0.591. The Morgan fingerprint density at radius 3 is 1.48 bits per heavy atom. The van der Waals surface area contributed by atoms with Gasteiger partial charge in [-0.2, -0.15) is 0 Å². The van der Waals surface area contributed by atoms with E-state index in [1.165, 1.54) is 0 Å². The summed E-state index contributed by atoms with van der Waals surface area (Å²) in [5, 5.41) is 0. The van der Waals surface area contributed by atoms with E-state index >= 15 is 0 Å². The third-order valence-corrected chi connectivity index (χ3v) is 4.97. The van der Waals surface area contributed by atoms with Crippen LogP contribution in [0.25, 0.3) is 6.08 Å². The van der Waals surface area contributed by atoms with E-state index in [4.69, 9.17) is 0 Å². The van der Waals surface area contributed by atoms with Gasteiger partial charge in [0.1, 0.15) is 0 Å². The molecule has 0 saturated carbocycles. The quantitative estimate of drug-likeness (QED) is 0.590. The molecule has 128 valence electrons. The smallest absolute Gasteiger partial charge is 0.163 e. The highest BCUT2D eigenvalue weighted by atomic mass is 16.1. The van der Waals surface area contributed by atoms with Crippen LogP contribution in [0, 0.1) is 21.7 Å². The van der Waals surface area contributed by atoms with Gasteiger partial charge in [-0.05, 0) is 27.9 Å². The van der Waals surface area contributed by atoms with Crippen LogP contribution >= 0.6 is 0 Å². The number of benzene rings is 1. The molecule has 1 heteroatoms. The summed E-state index contributed by atoms with van der Waals surface area (Å²) < 4.78 is 0. The lowest BCUT2D eigenvalue weighted by molar-refractivity contribution is -0.161. The van der Waals surface area contributed by atoms with Crippen molar-refractivity contribution in [1.29, 1.82) is 0 Å². The highest BCUT2D eigenvalue weighted by Crippen LogP contribution is 2.62. The lowest BCUT2D eigenvalue weighted by atomic mass is 9.43. The number of hydrogen-bond donors (Lipinski definition) is 0. The summed E-state index contributed by atoms with van der Waals surface area (Å²) in [5.74, 6) is 0.217. The van der Waals surface area contributed by atoms with E-state index in [1.54, 1.807) is 6.08 Å². The highest BCUT2D eigenvalue weighted by molar-refractivity contribution is 5.99. The Kier molecular flexibility index (Phi) is 5.36. The van der Waals surface area contributed by atoms with Crippen molar-refractivity contribution in [2.45, 2.75) is 62.3 Å². The number of rotatable bonds is 3. The Bertz CT molecular complexity index is 521. The third kappa shape index (κ3) is 3.59. The SMILES string of the molecule is CC(C)(C)C(C(=O)C=Cc1ccccc1)(C(C)(C)C)C(C)(C)C. The van der Waals surface area contributed by atoms with Crippen LogP contribution in [0.4, 0.5) is 0 Å². The fourth-order valence-electron chi connectivity index (χ4n) is 5.34. The van der Waals surface area contributed by atoms with Crippen LogP contribution in [0.2, 0.25) is 0 Å². The van der Waals surface area contributed by atoms with Gasteiger partial charge in [-0.1, -0.05) is 98.7 Å². The maximum absolute atomic E-state index is 13.5. The van der Waals surface area contributed by atoms with Crippen molar-refractivity contribution in [2.24, 2.45) is 21.7 Å². The van der Waals surface area contributed by atoms with E-state index < -0.39 is 5.41 Å². The first kappa shape index (κ1) is 19.7. The van der Waals surface area contributed by atoms with Gasteiger partial charge in [-0.15, -0.1) is 0 Å². The molecular formula is C22H34O. The van der Waals surface area contributed by atoms with Crippen molar-refractivity contribution < 1.29 is 4.79 Å². The Morgan fingerprint density at radius 2 is 1.13 bits per heavy atom. The van der Waals surface area contributed by atoms with E-state index in [-0.39, 0.29) is 22.0 Å². The van der Waals surface area contributed by atoms with Crippen LogP contribution in [0.5, 0.6) is 0 Å². The van der Waals surface area contributed by atoms with Crippen molar-refractivity contribution in [1.82, 2.24) is 0 Å². The molecule has 0 heterocycles. The molecule has 23 heavy (non-hydrogen) atoms. The molecular weight excluding hydrogens is 280 g/mol. The minimum atomic E-state index is -0.474. The number of carbonyl (C=O) groups excluding carboxylic acids is 1. The zero-order valence-electron chi connectivity index (χ0n) is 16.4. The molecule has 1 aromatic rings. The first-order valence-electron chi connectivity index (χ1n) is 8.53. The summed E-state index contributed by atoms with van der Waals surface area (Å²) in [7, 11) is 0. The highest BCUT2D eigenvalue weighted by Gasteiger charge is 2.61. The molecule has 0 aliphatic carbocycles. The van der Waals surface area contributed by atoms with Gasteiger partial charge in [-0.3, -0.25) is 4.79 Å². The maximum atomic E-state index is 13.5. The van der Waals surface area contributed by atoms with Crippen molar-refractivity contribution in [2.75, 3.05) is 0 Å². The summed E-state index contributed by atoms with van der Waals surface area (Å²) in [6, 6.07) is 10.0. The van der Waals surface area contributed by atoms with Gasteiger partial charge < -0.3 is 0 Å². The lowest BCUT2D eigenvalue weighted by Gasteiger charge is -2.59. The second-order valence-corrected chi connectivity index (χ2v) is 9.61. The molecule has 0 amide bonds. The minimum absolute atomic E-state index is 0.151. The van der Waals surface area contributed by atoms with Crippen LogP contribution in [0.1, 0.15) is 67.9 Å². The molecule has 1 aromatic carbocycles. The molecule has 0 bridgehead atoms. The molecule has 0 aliphatic rings. The standard InChI is InChI=1S/C22H34O/c1-19(2,3)22(20(4,5)6,21(7,8)9)18(23)16-15-17-13-11-10-12-14-17/h10-16H,1-9H3. The Balaban J connectivity index is 3.47. The maximum Gasteiger partial charge on any atom is 0.163 e. The van der Waals surface area contributed by atoms with Gasteiger partial charge >= 0.3 is 0 Å². The molecule has 0 aromatic heterocycles. The third-order valence-electron chi connectivity index (χ3n) is 4.97. The Hall–Kier alpha value is -1.37. The number of ketones is 1. The first-order chi connectivity index (χ1) is 10.2. The molecule has 0 spiro atoms. The van der Waals surface area contributed by atoms with Crippen molar-refractivity contribution >= 4 is 11.9 Å².